The second kappa shape index (κ2) is 5.82. The summed E-state index contributed by atoms with van der Waals surface area (Å²) in [5.74, 6) is -0.972. The van der Waals surface area contributed by atoms with Crippen molar-refractivity contribution < 1.29 is 14.7 Å². The summed E-state index contributed by atoms with van der Waals surface area (Å²) in [7, 11) is 0. The second-order valence-electron chi connectivity index (χ2n) is 4.32. The Labute approximate surface area is 105 Å². The third kappa shape index (κ3) is 3.56. The summed E-state index contributed by atoms with van der Waals surface area (Å²) in [6.45, 7) is 5.29. The van der Waals surface area contributed by atoms with Gasteiger partial charge in [0.25, 0.3) is 0 Å². The molecule has 17 heavy (non-hydrogen) atoms. The van der Waals surface area contributed by atoms with E-state index < -0.39 is 12.0 Å². The van der Waals surface area contributed by atoms with Crippen molar-refractivity contribution in [2.45, 2.75) is 33.2 Å². The van der Waals surface area contributed by atoms with E-state index in [9.17, 15) is 14.7 Å². The lowest BCUT2D eigenvalue weighted by atomic mass is 10.0. The monoisotopic (exact) mass is 255 g/mol. The first-order chi connectivity index (χ1) is 7.93. The summed E-state index contributed by atoms with van der Waals surface area (Å²) in [5, 5.41) is 11.8. The molecule has 0 aliphatic rings. The van der Waals surface area contributed by atoms with E-state index in [0.717, 1.165) is 0 Å². The molecule has 4 nitrogen and oxygen atoms in total. The molecule has 1 rings (SSSR count). The van der Waals surface area contributed by atoms with Crippen molar-refractivity contribution in [1.29, 1.82) is 0 Å². The van der Waals surface area contributed by atoms with Gasteiger partial charge in [0.1, 0.15) is 6.04 Å². The van der Waals surface area contributed by atoms with Gasteiger partial charge in [0.2, 0.25) is 5.91 Å². The highest BCUT2D eigenvalue weighted by atomic mass is 32.1. The van der Waals surface area contributed by atoms with Gasteiger partial charge in [-0.2, -0.15) is 0 Å². The molecule has 0 radical (unpaired) electrons. The predicted octanol–water partition coefficient (Wildman–Crippen LogP) is 2.60. The van der Waals surface area contributed by atoms with Crippen LogP contribution in [0.4, 0.5) is 5.00 Å². The number of amides is 1. The third-order valence-electron chi connectivity index (χ3n) is 2.37. The highest BCUT2D eigenvalue weighted by molar-refractivity contribution is 7.14. The summed E-state index contributed by atoms with van der Waals surface area (Å²) >= 11 is 1.37. The molecule has 1 aromatic rings. The van der Waals surface area contributed by atoms with Crippen molar-refractivity contribution in [3.05, 3.63) is 17.5 Å². The van der Waals surface area contributed by atoms with Gasteiger partial charge in [-0.3, -0.25) is 9.69 Å². The Kier molecular flexibility index (Phi) is 4.69. The molecule has 1 heterocycles. The van der Waals surface area contributed by atoms with Crippen molar-refractivity contribution in [3.63, 3.8) is 0 Å². The van der Waals surface area contributed by atoms with Gasteiger partial charge < -0.3 is 5.11 Å². The lowest BCUT2D eigenvalue weighted by Crippen LogP contribution is -2.44. The molecule has 0 aliphatic heterocycles. The normalized spacial score (nSPS) is 12.5. The number of anilines is 1. The molecule has 1 aromatic heterocycles. The fourth-order valence-corrected chi connectivity index (χ4v) is 2.52. The van der Waals surface area contributed by atoms with Crippen LogP contribution < -0.4 is 4.90 Å². The molecular formula is C12H17NO3S. The number of rotatable bonds is 5. The number of hydrogen-bond donors (Lipinski definition) is 1. The van der Waals surface area contributed by atoms with Gasteiger partial charge in [-0.25, -0.2) is 4.79 Å². The molecule has 0 unspecified atom stereocenters. The van der Waals surface area contributed by atoms with Gasteiger partial charge in [0.05, 0.1) is 5.00 Å². The average molecular weight is 255 g/mol. The minimum absolute atomic E-state index is 0.220. The smallest absolute Gasteiger partial charge is 0.326 e. The van der Waals surface area contributed by atoms with Gasteiger partial charge in [-0.15, -0.1) is 11.3 Å². The van der Waals surface area contributed by atoms with Gasteiger partial charge in [0.15, 0.2) is 0 Å². The Hall–Kier alpha value is -1.36. The highest BCUT2D eigenvalue weighted by Gasteiger charge is 2.30. The Morgan fingerprint density at radius 1 is 1.47 bits per heavy atom. The molecule has 1 atom stereocenters. The van der Waals surface area contributed by atoms with Crippen molar-refractivity contribution in [2.75, 3.05) is 4.90 Å². The van der Waals surface area contributed by atoms with Crippen LogP contribution in [0.2, 0.25) is 0 Å². The van der Waals surface area contributed by atoms with Crippen LogP contribution >= 0.6 is 11.3 Å². The lowest BCUT2D eigenvalue weighted by Gasteiger charge is -2.27. The maximum atomic E-state index is 11.6. The Bertz CT molecular complexity index is 386. The molecule has 94 valence electrons. The maximum absolute atomic E-state index is 11.6. The Balaban J connectivity index is 3.02. The van der Waals surface area contributed by atoms with Crippen molar-refractivity contribution >= 4 is 28.2 Å². The molecule has 1 amide bonds. The number of thiophene rings is 1. The Morgan fingerprint density at radius 3 is 2.47 bits per heavy atom. The molecule has 0 fully saturated rings. The van der Waals surface area contributed by atoms with Crippen LogP contribution in [0, 0.1) is 5.92 Å². The Morgan fingerprint density at radius 2 is 2.12 bits per heavy atom. The summed E-state index contributed by atoms with van der Waals surface area (Å²) in [6.07, 6.45) is 0.451. The summed E-state index contributed by atoms with van der Waals surface area (Å²) in [6, 6.07) is 2.79. The van der Waals surface area contributed by atoms with E-state index in [2.05, 4.69) is 0 Å². The van der Waals surface area contributed by atoms with Crippen LogP contribution in [0.5, 0.6) is 0 Å². The van der Waals surface area contributed by atoms with E-state index in [1.165, 1.54) is 23.2 Å². The minimum atomic E-state index is -0.956. The fraction of sp³-hybridized carbons (Fsp3) is 0.500. The standard InChI is InChI=1S/C12H17NO3S/c1-8(2)7-10(12(15)16)13(9(3)14)11-5-4-6-17-11/h4-6,8,10H,7H2,1-3H3,(H,15,16)/t10-/m0/s1. The quantitative estimate of drug-likeness (QED) is 0.879. The third-order valence-corrected chi connectivity index (χ3v) is 3.24. The molecule has 1 N–H and O–H groups in total. The summed E-state index contributed by atoms with van der Waals surface area (Å²) in [4.78, 5) is 24.3. The van der Waals surface area contributed by atoms with E-state index in [1.807, 2.05) is 25.3 Å². The van der Waals surface area contributed by atoms with E-state index in [-0.39, 0.29) is 11.8 Å². The van der Waals surface area contributed by atoms with Crippen LogP contribution in [-0.2, 0) is 9.59 Å². The number of nitrogens with zero attached hydrogens (tertiary/aromatic N) is 1. The molecule has 0 bridgehead atoms. The number of carbonyl (C=O) groups excluding carboxylic acids is 1. The van der Waals surface area contributed by atoms with Crippen LogP contribution in [-0.4, -0.2) is 23.0 Å². The van der Waals surface area contributed by atoms with Gasteiger partial charge in [0, 0.05) is 6.92 Å². The van der Waals surface area contributed by atoms with Crippen LogP contribution in [0.1, 0.15) is 27.2 Å². The molecule has 0 saturated carbocycles. The summed E-state index contributed by atoms with van der Waals surface area (Å²) < 4.78 is 0. The maximum Gasteiger partial charge on any atom is 0.326 e. The molecule has 0 spiro atoms. The van der Waals surface area contributed by atoms with Crippen LogP contribution in [0.3, 0.4) is 0 Å². The first-order valence-corrected chi connectivity index (χ1v) is 6.37. The first kappa shape index (κ1) is 13.7. The van der Waals surface area contributed by atoms with E-state index in [1.54, 1.807) is 6.07 Å². The zero-order valence-electron chi connectivity index (χ0n) is 10.2. The summed E-state index contributed by atoms with van der Waals surface area (Å²) in [5.41, 5.74) is 0. The minimum Gasteiger partial charge on any atom is -0.480 e. The number of carboxylic acids is 1. The second-order valence-corrected chi connectivity index (χ2v) is 5.25. The molecule has 0 aliphatic carbocycles. The van der Waals surface area contributed by atoms with E-state index >= 15 is 0 Å². The highest BCUT2D eigenvalue weighted by Crippen LogP contribution is 2.26. The van der Waals surface area contributed by atoms with Gasteiger partial charge >= 0.3 is 5.97 Å². The lowest BCUT2D eigenvalue weighted by molar-refractivity contribution is -0.140. The topological polar surface area (TPSA) is 57.6 Å². The van der Waals surface area contributed by atoms with Crippen LogP contribution in [0.25, 0.3) is 0 Å². The zero-order valence-corrected chi connectivity index (χ0v) is 11.0. The number of aliphatic carboxylic acids is 1. The van der Waals surface area contributed by atoms with Crippen molar-refractivity contribution in [1.82, 2.24) is 0 Å². The van der Waals surface area contributed by atoms with Crippen LogP contribution in [0.15, 0.2) is 17.5 Å². The number of carboxylic acid groups (broad SMARTS) is 1. The predicted molar refractivity (Wildman–Crippen MR) is 68.4 cm³/mol. The van der Waals surface area contributed by atoms with Gasteiger partial charge in [-0.1, -0.05) is 13.8 Å². The average Bonchev–Trinajstić information content (AvgIpc) is 2.68. The fourth-order valence-electron chi connectivity index (χ4n) is 1.70. The van der Waals surface area contributed by atoms with E-state index in [4.69, 9.17) is 0 Å². The molecule has 0 aromatic carbocycles. The number of hydrogen-bond acceptors (Lipinski definition) is 3. The van der Waals surface area contributed by atoms with Crippen molar-refractivity contribution in [3.8, 4) is 0 Å². The van der Waals surface area contributed by atoms with E-state index in [0.29, 0.717) is 11.4 Å². The largest absolute Gasteiger partial charge is 0.480 e. The van der Waals surface area contributed by atoms with Gasteiger partial charge in [-0.05, 0) is 29.9 Å². The molecule has 5 heteroatoms. The zero-order chi connectivity index (χ0) is 13.0. The SMILES string of the molecule is CC(=O)N(c1cccs1)[C@@H](CC(C)C)C(=O)O. The molecular weight excluding hydrogens is 238 g/mol. The molecule has 0 saturated heterocycles. The van der Waals surface area contributed by atoms with Crippen molar-refractivity contribution in [2.24, 2.45) is 5.92 Å². The first-order valence-electron chi connectivity index (χ1n) is 5.49. The number of carbonyl (C=O) groups is 2.